The Morgan fingerprint density at radius 1 is 1.29 bits per heavy atom. The molecule has 0 fully saturated rings. The molecule has 0 bridgehead atoms. The molecule has 3 rings (SSSR count). The maximum Gasteiger partial charge on any atom is 0.349 e. The Labute approximate surface area is 150 Å². The first kappa shape index (κ1) is 17.1. The van der Waals surface area contributed by atoms with Crippen molar-refractivity contribution in [1.29, 1.82) is 0 Å². The summed E-state index contributed by atoms with van der Waals surface area (Å²) in [6.45, 7) is 0.819. The van der Waals surface area contributed by atoms with Gasteiger partial charge in [-0.15, -0.1) is 11.3 Å². The van der Waals surface area contributed by atoms with Gasteiger partial charge in [-0.1, -0.05) is 0 Å². The Balaban J connectivity index is 1.96. The predicted octanol–water partition coefficient (Wildman–Crippen LogP) is 2.87. The average Bonchev–Trinajstić information content (AvgIpc) is 3.05. The largest absolute Gasteiger partial charge is 0.486 e. The molecular formula is C14H12BrNO6S2. The van der Waals surface area contributed by atoms with Crippen LogP contribution in [0.25, 0.3) is 0 Å². The van der Waals surface area contributed by atoms with Gasteiger partial charge in [-0.3, -0.25) is 4.72 Å². The van der Waals surface area contributed by atoms with Crippen LogP contribution in [0, 0.1) is 0 Å². The first-order valence-electron chi connectivity index (χ1n) is 6.70. The summed E-state index contributed by atoms with van der Waals surface area (Å²) >= 11 is 4.30. The number of hydrogen-bond donors (Lipinski definition) is 1. The number of esters is 1. The number of methoxy groups -OCH3 is 1. The van der Waals surface area contributed by atoms with Crippen LogP contribution in [-0.2, 0) is 14.8 Å². The standard InChI is InChI=1S/C14H12BrNO6S2/c1-20-14(17)13-12(2-5-23-13)24(18,19)16-9-7-11-10(6-8(9)15)21-3-4-22-11/h2,5-7,16H,3-4H2,1H3. The van der Waals surface area contributed by atoms with Gasteiger partial charge in [0, 0.05) is 16.6 Å². The molecule has 0 amide bonds. The summed E-state index contributed by atoms with van der Waals surface area (Å²) in [6, 6.07) is 4.51. The van der Waals surface area contributed by atoms with Crippen molar-refractivity contribution in [2.24, 2.45) is 0 Å². The van der Waals surface area contributed by atoms with Crippen molar-refractivity contribution in [1.82, 2.24) is 0 Å². The summed E-state index contributed by atoms with van der Waals surface area (Å²) in [6.07, 6.45) is 0. The molecule has 24 heavy (non-hydrogen) atoms. The molecule has 1 aliphatic rings. The van der Waals surface area contributed by atoms with Crippen LogP contribution in [0.5, 0.6) is 11.5 Å². The van der Waals surface area contributed by atoms with Crippen molar-refractivity contribution in [3.8, 4) is 11.5 Å². The quantitative estimate of drug-likeness (QED) is 0.745. The van der Waals surface area contributed by atoms with E-state index in [0.29, 0.717) is 29.2 Å². The van der Waals surface area contributed by atoms with E-state index >= 15 is 0 Å². The molecule has 1 N–H and O–H groups in total. The summed E-state index contributed by atoms with van der Waals surface area (Å²) in [5.41, 5.74) is 0.279. The van der Waals surface area contributed by atoms with Crippen LogP contribution in [0.4, 0.5) is 5.69 Å². The van der Waals surface area contributed by atoms with Crippen molar-refractivity contribution in [2.45, 2.75) is 4.90 Å². The third-order valence-electron chi connectivity index (χ3n) is 3.17. The number of carbonyl (C=O) groups excluding carboxylic acids is 1. The minimum absolute atomic E-state index is 0.0127. The Morgan fingerprint density at radius 2 is 1.96 bits per heavy atom. The number of fused-ring (bicyclic) bond motifs is 1. The number of rotatable bonds is 4. The molecule has 2 heterocycles. The maximum atomic E-state index is 12.6. The lowest BCUT2D eigenvalue weighted by Crippen LogP contribution is -2.18. The number of ether oxygens (including phenoxy) is 3. The first-order chi connectivity index (χ1) is 11.4. The molecule has 128 valence electrons. The highest BCUT2D eigenvalue weighted by Crippen LogP contribution is 2.39. The van der Waals surface area contributed by atoms with Crippen LogP contribution in [0.1, 0.15) is 9.67 Å². The first-order valence-corrected chi connectivity index (χ1v) is 9.86. The van der Waals surface area contributed by atoms with E-state index < -0.39 is 16.0 Å². The van der Waals surface area contributed by atoms with Gasteiger partial charge in [-0.2, -0.15) is 0 Å². The normalized spacial score (nSPS) is 13.4. The fourth-order valence-electron chi connectivity index (χ4n) is 2.09. The number of anilines is 1. The number of sulfonamides is 1. The van der Waals surface area contributed by atoms with Crippen molar-refractivity contribution in [3.05, 3.63) is 32.9 Å². The third-order valence-corrected chi connectivity index (χ3v) is 6.25. The van der Waals surface area contributed by atoms with Gasteiger partial charge in [0.15, 0.2) is 11.5 Å². The molecule has 0 radical (unpaired) electrons. The molecule has 0 saturated carbocycles. The van der Waals surface area contributed by atoms with Crippen molar-refractivity contribution in [3.63, 3.8) is 0 Å². The SMILES string of the molecule is COC(=O)c1sccc1S(=O)(=O)Nc1cc2c(cc1Br)OCCO2. The van der Waals surface area contributed by atoms with Crippen LogP contribution in [0.2, 0.25) is 0 Å². The highest BCUT2D eigenvalue weighted by atomic mass is 79.9. The summed E-state index contributed by atoms with van der Waals surface area (Å²) in [4.78, 5) is 11.6. The van der Waals surface area contributed by atoms with Gasteiger partial charge in [-0.25, -0.2) is 13.2 Å². The minimum Gasteiger partial charge on any atom is -0.486 e. The molecule has 0 saturated heterocycles. The Bertz CT molecular complexity index is 893. The highest BCUT2D eigenvalue weighted by Gasteiger charge is 2.26. The number of benzene rings is 1. The lowest BCUT2D eigenvalue weighted by molar-refractivity contribution is 0.0602. The molecule has 10 heteroatoms. The zero-order valence-corrected chi connectivity index (χ0v) is 15.6. The molecule has 1 aromatic carbocycles. The summed E-state index contributed by atoms with van der Waals surface area (Å²) in [7, 11) is -2.77. The van der Waals surface area contributed by atoms with E-state index in [1.54, 1.807) is 6.07 Å². The van der Waals surface area contributed by atoms with E-state index in [9.17, 15) is 13.2 Å². The molecular weight excluding hydrogens is 422 g/mol. The number of thiophene rings is 1. The molecule has 0 spiro atoms. The zero-order chi connectivity index (χ0) is 17.3. The van der Waals surface area contributed by atoms with Gasteiger partial charge in [0.05, 0.1) is 12.8 Å². The highest BCUT2D eigenvalue weighted by molar-refractivity contribution is 9.10. The van der Waals surface area contributed by atoms with Crippen molar-refractivity contribution >= 4 is 48.9 Å². The van der Waals surface area contributed by atoms with E-state index in [-0.39, 0.29) is 15.5 Å². The lowest BCUT2D eigenvalue weighted by Gasteiger charge is -2.20. The smallest absolute Gasteiger partial charge is 0.349 e. The molecule has 0 aliphatic carbocycles. The molecule has 1 aliphatic heterocycles. The maximum absolute atomic E-state index is 12.6. The second-order valence-corrected chi connectivity index (χ2v) is 8.11. The van der Waals surface area contributed by atoms with Gasteiger partial charge in [0.1, 0.15) is 23.0 Å². The Kier molecular flexibility index (Phi) is 4.70. The number of carbonyl (C=O) groups is 1. The minimum atomic E-state index is -3.97. The van der Waals surface area contributed by atoms with E-state index in [1.165, 1.54) is 24.6 Å². The van der Waals surface area contributed by atoms with Crippen molar-refractivity contribution < 1.29 is 27.4 Å². The third kappa shape index (κ3) is 3.21. The second kappa shape index (κ2) is 6.61. The van der Waals surface area contributed by atoms with Crippen LogP contribution in [-0.4, -0.2) is 34.7 Å². The van der Waals surface area contributed by atoms with E-state index in [2.05, 4.69) is 25.4 Å². The van der Waals surface area contributed by atoms with Gasteiger partial charge >= 0.3 is 5.97 Å². The predicted molar refractivity (Wildman–Crippen MR) is 91.6 cm³/mol. The molecule has 2 aromatic rings. The summed E-state index contributed by atoms with van der Waals surface area (Å²) in [5, 5.41) is 1.51. The van der Waals surface area contributed by atoms with Crippen LogP contribution in [0.3, 0.4) is 0 Å². The van der Waals surface area contributed by atoms with Gasteiger partial charge in [0.2, 0.25) is 0 Å². The van der Waals surface area contributed by atoms with E-state index in [0.717, 1.165) is 11.3 Å². The van der Waals surface area contributed by atoms with Crippen molar-refractivity contribution in [2.75, 3.05) is 25.0 Å². The van der Waals surface area contributed by atoms with E-state index in [4.69, 9.17) is 9.47 Å². The molecule has 0 atom stereocenters. The van der Waals surface area contributed by atoms with Gasteiger partial charge < -0.3 is 14.2 Å². The monoisotopic (exact) mass is 433 g/mol. The van der Waals surface area contributed by atoms with Crippen LogP contribution in [0.15, 0.2) is 32.9 Å². The fourth-order valence-corrected chi connectivity index (χ4v) is 5.05. The second-order valence-electron chi connectivity index (χ2n) is 4.69. The topological polar surface area (TPSA) is 90.9 Å². The molecule has 0 unspecified atom stereocenters. The zero-order valence-electron chi connectivity index (χ0n) is 12.4. The van der Waals surface area contributed by atoms with Crippen LogP contribution < -0.4 is 14.2 Å². The Hall–Kier alpha value is -1.78. The lowest BCUT2D eigenvalue weighted by atomic mass is 10.2. The fraction of sp³-hybridized carbons (Fsp3) is 0.214. The Morgan fingerprint density at radius 3 is 2.62 bits per heavy atom. The number of halogens is 1. The molecule has 1 aromatic heterocycles. The van der Waals surface area contributed by atoms with Gasteiger partial charge in [0.25, 0.3) is 10.0 Å². The van der Waals surface area contributed by atoms with Crippen LogP contribution >= 0.6 is 27.3 Å². The summed E-state index contributed by atoms with van der Waals surface area (Å²) < 4.78 is 43.7. The van der Waals surface area contributed by atoms with E-state index in [1.807, 2.05) is 0 Å². The van der Waals surface area contributed by atoms with Gasteiger partial charge in [-0.05, 0) is 27.4 Å². The number of nitrogens with one attached hydrogen (secondary N) is 1. The summed E-state index contributed by atoms with van der Waals surface area (Å²) in [5.74, 6) is 0.272. The number of hydrogen-bond acceptors (Lipinski definition) is 7. The molecule has 7 nitrogen and oxygen atoms in total. The average molecular weight is 434 g/mol.